The summed E-state index contributed by atoms with van der Waals surface area (Å²) < 4.78 is 2.52. The van der Waals surface area contributed by atoms with E-state index < -0.39 is 5.69 Å². The largest absolute Gasteiger partial charge is 0.353 e. The molecule has 0 spiro atoms. The van der Waals surface area contributed by atoms with Gasteiger partial charge < -0.3 is 10.6 Å². The number of carbonyl (C=O) groups is 1. The van der Waals surface area contributed by atoms with Crippen LogP contribution in [0.4, 0.5) is 17.3 Å². The van der Waals surface area contributed by atoms with Crippen LogP contribution in [-0.2, 0) is 11.3 Å². The first-order chi connectivity index (χ1) is 14.4. The maximum atomic E-state index is 13.0. The molecule has 8 nitrogen and oxygen atoms in total. The monoisotopic (exact) mass is 402 g/mol. The molecule has 0 aliphatic rings. The average Bonchev–Trinajstić information content (AvgIpc) is 3.00. The summed E-state index contributed by atoms with van der Waals surface area (Å²) in [5, 5.41) is 10.3. The van der Waals surface area contributed by atoms with Crippen LogP contribution >= 0.6 is 0 Å². The van der Waals surface area contributed by atoms with E-state index in [0.717, 1.165) is 21.5 Å². The van der Waals surface area contributed by atoms with E-state index in [0.29, 0.717) is 23.0 Å². The molecule has 0 radical (unpaired) electrons. The van der Waals surface area contributed by atoms with Crippen LogP contribution in [0, 0.1) is 20.8 Å². The van der Waals surface area contributed by atoms with Crippen LogP contribution in [0.15, 0.2) is 59.4 Å². The molecule has 2 heterocycles. The number of aryl methyl sites for hydroxylation is 3. The molecule has 0 unspecified atom stereocenters. The Hall–Kier alpha value is -3.94. The highest BCUT2D eigenvalue weighted by Crippen LogP contribution is 2.19. The maximum Gasteiger partial charge on any atom is 0.353 e. The van der Waals surface area contributed by atoms with Crippen molar-refractivity contribution in [3.63, 3.8) is 0 Å². The first kappa shape index (κ1) is 19.4. The number of nitrogens with one attached hydrogen (secondary N) is 2. The van der Waals surface area contributed by atoms with Crippen molar-refractivity contribution in [1.82, 2.24) is 19.2 Å². The van der Waals surface area contributed by atoms with E-state index in [-0.39, 0.29) is 12.5 Å². The molecule has 8 heteroatoms. The van der Waals surface area contributed by atoms with E-state index in [1.165, 1.54) is 4.40 Å². The predicted molar refractivity (Wildman–Crippen MR) is 116 cm³/mol. The lowest BCUT2D eigenvalue weighted by Crippen LogP contribution is -2.29. The molecule has 0 aliphatic heterocycles. The van der Waals surface area contributed by atoms with Crippen molar-refractivity contribution >= 4 is 28.9 Å². The van der Waals surface area contributed by atoms with E-state index in [1.54, 1.807) is 6.07 Å². The molecule has 152 valence electrons. The minimum atomic E-state index is -0.437. The Bertz CT molecular complexity index is 1290. The Morgan fingerprint density at radius 3 is 2.50 bits per heavy atom. The van der Waals surface area contributed by atoms with Gasteiger partial charge in [-0.25, -0.2) is 18.9 Å². The Morgan fingerprint density at radius 2 is 1.77 bits per heavy atom. The molecule has 0 saturated carbocycles. The number of hydrogen-bond donors (Lipinski definition) is 2. The van der Waals surface area contributed by atoms with Gasteiger partial charge in [-0.3, -0.25) is 4.79 Å². The van der Waals surface area contributed by atoms with Crippen LogP contribution in [0.25, 0.3) is 5.65 Å². The van der Waals surface area contributed by atoms with Crippen molar-refractivity contribution in [2.24, 2.45) is 0 Å². The van der Waals surface area contributed by atoms with Gasteiger partial charge in [-0.15, -0.1) is 5.10 Å². The lowest BCUT2D eigenvalue weighted by atomic mass is 10.2. The van der Waals surface area contributed by atoms with Gasteiger partial charge in [-0.1, -0.05) is 35.9 Å². The van der Waals surface area contributed by atoms with Crippen LogP contribution in [0.2, 0.25) is 0 Å². The van der Waals surface area contributed by atoms with Crippen molar-refractivity contribution in [1.29, 1.82) is 0 Å². The van der Waals surface area contributed by atoms with E-state index in [9.17, 15) is 9.59 Å². The molecule has 0 saturated heterocycles. The Morgan fingerprint density at radius 1 is 1.03 bits per heavy atom. The van der Waals surface area contributed by atoms with Crippen molar-refractivity contribution in [2.75, 3.05) is 10.6 Å². The number of nitrogens with zero attached hydrogens (tertiary/aromatic N) is 4. The summed E-state index contributed by atoms with van der Waals surface area (Å²) in [6, 6.07) is 16.9. The summed E-state index contributed by atoms with van der Waals surface area (Å²) in [5.41, 5.74) is 4.32. The topological polar surface area (TPSA) is 93.3 Å². The van der Waals surface area contributed by atoms with Crippen LogP contribution in [0.5, 0.6) is 0 Å². The number of benzene rings is 2. The summed E-state index contributed by atoms with van der Waals surface area (Å²) in [6.07, 6.45) is 0. The molecule has 2 N–H and O–H groups in total. The zero-order valence-corrected chi connectivity index (χ0v) is 17.0. The number of amides is 1. The molecular weight excluding hydrogens is 380 g/mol. The second-order valence-electron chi connectivity index (χ2n) is 7.21. The molecule has 0 atom stereocenters. The Kier molecular flexibility index (Phi) is 5.05. The first-order valence-corrected chi connectivity index (χ1v) is 9.57. The number of anilines is 3. The predicted octanol–water partition coefficient (Wildman–Crippen LogP) is 3.20. The molecule has 0 fully saturated rings. The van der Waals surface area contributed by atoms with E-state index in [4.69, 9.17) is 0 Å². The lowest BCUT2D eigenvalue weighted by Gasteiger charge is -2.10. The van der Waals surface area contributed by atoms with E-state index >= 15 is 0 Å². The van der Waals surface area contributed by atoms with Gasteiger partial charge in [0, 0.05) is 23.1 Å². The van der Waals surface area contributed by atoms with Crippen LogP contribution in [0.3, 0.4) is 0 Å². The number of aromatic nitrogens is 4. The highest BCUT2D eigenvalue weighted by molar-refractivity contribution is 5.90. The van der Waals surface area contributed by atoms with Crippen LogP contribution in [0.1, 0.15) is 16.8 Å². The fraction of sp³-hybridized carbons (Fsp3) is 0.182. The quantitative estimate of drug-likeness (QED) is 0.535. The second kappa shape index (κ2) is 7.82. The number of hydrogen-bond acceptors (Lipinski definition) is 5. The molecule has 4 aromatic rings. The third-order valence-electron chi connectivity index (χ3n) is 4.72. The van der Waals surface area contributed by atoms with Gasteiger partial charge in [0.15, 0.2) is 5.65 Å². The van der Waals surface area contributed by atoms with Gasteiger partial charge in [0.05, 0.1) is 0 Å². The van der Waals surface area contributed by atoms with E-state index in [1.807, 2.05) is 69.3 Å². The SMILES string of the molecule is Cc1ccc(NC(=O)Cn2nc3cc(C)nc(Nc4ccccc4C)n3c2=O)cc1. The molecule has 30 heavy (non-hydrogen) atoms. The van der Waals surface area contributed by atoms with E-state index in [2.05, 4.69) is 20.7 Å². The standard InChI is InChI=1S/C22H22N6O2/c1-14-8-10-17(11-9-14)24-20(29)13-27-22(30)28-19(26-27)12-16(3)23-21(28)25-18-7-5-4-6-15(18)2/h4-12H,13H2,1-3H3,(H,23,25)(H,24,29). The van der Waals surface area contributed by atoms with Gasteiger partial charge in [-0.05, 0) is 44.5 Å². The van der Waals surface area contributed by atoms with Gasteiger partial charge in [0.1, 0.15) is 6.54 Å². The lowest BCUT2D eigenvalue weighted by molar-refractivity contribution is -0.117. The second-order valence-corrected chi connectivity index (χ2v) is 7.21. The fourth-order valence-electron chi connectivity index (χ4n) is 3.15. The minimum absolute atomic E-state index is 0.197. The normalized spacial score (nSPS) is 10.9. The molecular formula is C22H22N6O2. The summed E-state index contributed by atoms with van der Waals surface area (Å²) >= 11 is 0. The Labute approximate surface area is 173 Å². The van der Waals surface area contributed by atoms with Gasteiger partial charge in [0.2, 0.25) is 11.9 Å². The third kappa shape index (κ3) is 3.93. The maximum absolute atomic E-state index is 13.0. The summed E-state index contributed by atoms with van der Waals surface area (Å²) in [6.45, 7) is 5.57. The van der Waals surface area contributed by atoms with Crippen LogP contribution < -0.4 is 16.3 Å². The molecule has 1 amide bonds. The first-order valence-electron chi connectivity index (χ1n) is 9.57. The molecule has 0 bridgehead atoms. The van der Waals surface area contributed by atoms with Gasteiger partial charge >= 0.3 is 5.69 Å². The number of carbonyl (C=O) groups excluding carboxylic acids is 1. The molecule has 2 aromatic heterocycles. The van der Waals surface area contributed by atoms with Crippen LogP contribution in [-0.4, -0.2) is 25.1 Å². The number of fused-ring (bicyclic) bond motifs is 1. The summed E-state index contributed by atoms with van der Waals surface area (Å²) in [5.74, 6) is 0.0250. The molecule has 4 rings (SSSR count). The Balaban J connectivity index is 1.65. The third-order valence-corrected chi connectivity index (χ3v) is 4.72. The molecule has 2 aromatic carbocycles. The number of rotatable bonds is 5. The van der Waals surface area contributed by atoms with Crippen molar-refractivity contribution in [2.45, 2.75) is 27.3 Å². The smallest absolute Gasteiger partial charge is 0.325 e. The highest BCUT2D eigenvalue weighted by Gasteiger charge is 2.16. The fourth-order valence-corrected chi connectivity index (χ4v) is 3.15. The average molecular weight is 402 g/mol. The summed E-state index contributed by atoms with van der Waals surface area (Å²) in [7, 11) is 0. The van der Waals surface area contributed by atoms with Crippen molar-refractivity contribution < 1.29 is 4.79 Å². The zero-order valence-electron chi connectivity index (χ0n) is 17.0. The zero-order chi connectivity index (χ0) is 21.3. The summed E-state index contributed by atoms with van der Waals surface area (Å²) in [4.78, 5) is 29.9. The van der Waals surface area contributed by atoms with Crippen molar-refractivity contribution in [3.05, 3.63) is 81.9 Å². The number of para-hydroxylation sites is 1. The van der Waals surface area contributed by atoms with Crippen molar-refractivity contribution in [3.8, 4) is 0 Å². The van der Waals surface area contributed by atoms with Gasteiger partial charge in [0.25, 0.3) is 0 Å². The van der Waals surface area contributed by atoms with Gasteiger partial charge in [-0.2, -0.15) is 0 Å². The molecule has 0 aliphatic carbocycles. The highest BCUT2D eigenvalue weighted by atomic mass is 16.2. The minimum Gasteiger partial charge on any atom is -0.325 e.